The molecular formula is C26H32N2O2S. The van der Waals surface area contributed by atoms with Gasteiger partial charge in [0.1, 0.15) is 5.75 Å². The quantitative estimate of drug-likeness (QED) is 0.493. The fraction of sp³-hybridized carbons (Fsp3) is 0.423. The fourth-order valence-electron chi connectivity index (χ4n) is 4.47. The average molecular weight is 437 g/mol. The lowest BCUT2D eigenvalue weighted by Crippen LogP contribution is -2.39. The minimum absolute atomic E-state index is 0.201. The van der Waals surface area contributed by atoms with Gasteiger partial charge < -0.3 is 14.5 Å². The molecule has 1 aromatic heterocycles. The number of fused-ring (bicyclic) bond motifs is 2. The van der Waals surface area contributed by atoms with Crippen molar-refractivity contribution in [2.45, 2.75) is 33.1 Å². The molecular weight excluding hydrogens is 404 g/mol. The molecule has 0 aliphatic carbocycles. The Bertz CT molecular complexity index is 1090. The van der Waals surface area contributed by atoms with Crippen LogP contribution in [0.4, 0.5) is 0 Å². The molecule has 0 fully saturated rings. The molecule has 164 valence electrons. The van der Waals surface area contributed by atoms with E-state index in [9.17, 15) is 4.79 Å². The highest BCUT2D eigenvalue weighted by molar-refractivity contribution is 7.17. The van der Waals surface area contributed by atoms with Gasteiger partial charge in [-0.3, -0.25) is 4.79 Å². The number of methoxy groups -OCH3 is 1. The number of amides is 1. The number of aryl methyl sites for hydroxylation is 1. The largest absolute Gasteiger partial charge is 0.497 e. The number of nitrogens with zero attached hydrogens (tertiary/aromatic N) is 2. The molecule has 0 atom stereocenters. The van der Waals surface area contributed by atoms with E-state index in [1.54, 1.807) is 18.4 Å². The molecule has 0 spiro atoms. The monoisotopic (exact) mass is 436 g/mol. The van der Waals surface area contributed by atoms with E-state index in [0.717, 1.165) is 56.8 Å². The highest BCUT2D eigenvalue weighted by atomic mass is 32.1. The number of ether oxygens (including phenoxy) is 1. The predicted molar refractivity (Wildman–Crippen MR) is 130 cm³/mol. The van der Waals surface area contributed by atoms with Crippen LogP contribution in [0.15, 0.2) is 35.7 Å². The van der Waals surface area contributed by atoms with Crippen molar-refractivity contribution in [1.29, 1.82) is 0 Å². The summed E-state index contributed by atoms with van der Waals surface area (Å²) >= 11 is 1.79. The normalized spacial score (nSPS) is 13.8. The Hall–Kier alpha value is -2.37. The number of rotatable bonds is 8. The minimum Gasteiger partial charge on any atom is -0.497 e. The average Bonchev–Trinajstić information content (AvgIpc) is 3.18. The molecule has 0 radical (unpaired) electrons. The summed E-state index contributed by atoms with van der Waals surface area (Å²) in [6.45, 7) is 7.95. The van der Waals surface area contributed by atoms with E-state index in [0.29, 0.717) is 0 Å². The maximum Gasteiger partial charge on any atom is 0.254 e. The van der Waals surface area contributed by atoms with Crippen LogP contribution in [0.3, 0.4) is 0 Å². The first kappa shape index (κ1) is 21.8. The summed E-state index contributed by atoms with van der Waals surface area (Å²) in [7, 11) is 3.89. The van der Waals surface area contributed by atoms with Crippen LogP contribution in [0, 0.1) is 13.8 Å². The lowest BCUT2D eigenvalue weighted by Gasteiger charge is -2.30. The molecule has 0 saturated heterocycles. The number of carbonyl (C=O) groups excluding carboxylic acids is 1. The number of hydrogen-bond donors (Lipinski definition) is 0. The summed E-state index contributed by atoms with van der Waals surface area (Å²) < 4.78 is 6.62. The van der Waals surface area contributed by atoms with Crippen molar-refractivity contribution >= 4 is 27.3 Å². The molecule has 0 saturated carbocycles. The van der Waals surface area contributed by atoms with Gasteiger partial charge in [-0.05, 0) is 104 Å². The van der Waals surface area contributed by atoms with Crippen molar-refractivity contribution in [2.24, 2.45) is 0 Å². The first-order chi connectivity index (χ1) is 15.0. The maximum atomic E-state index is 12.9. The first-order valence-electron chi connectivity index (χ1n) is 11.1. The number of thiophene rings is 1. The zero-order valence-corrected chi connectivity index (χ0v) is 19.8. The predicted octanol–water partition coefficient (Wildman–Crippen LogP) is 5.09. The van der Waals surface area contributed by atoms with Gasteiger partial charge >= 0.3 is 0 Å². The molecule has 4 rings (SSSR count). The second kappa shape index (κ2) is 9.41. The molecule has 2 heterocycles. The van der Waals surface area contributed by atoms with Crippen LogP contribution >= 0.6 is 11.3 Å². The highest BCUT2D eigenvalue weighted by Gasteiger charge is 2.25. The van der Waals surface area contributed by atoms with Crippen LogP contribution in [-0.4, -0.2) is 56.0 Å². The molecule has 4 nitrogen and oxygen atoms in total. The number of benzene rings is 2. The molecule has 0 bridgehead atoms. The summed E-state index contributed by atoms with van der Waals surface area (Å²) in [5, 5.41) is 3.60. The first-order valence-corrected chi connectivity index (χ1v) is 12.0. The summed E-state index contributed by atoms with van der Waals surface area (Å²) in [5.41, 5.74) is 6.12. The van der Waals surface area contributed by atoms with E-state index in [1.165, 1.54) is 32.3 Å². The third-order valence-electron chi connectivity index (χ3n) is 6.61. The van der Waals surface area contributed by atoms with E-state index in [4.69, 9.17) is 4.74 Å². The highest BCUT2D eigenvalue weighted by Crippen LogP contribution is 2.30. The van der Waals surface area contributed by atoms with Crippen molar-refractivity contribution in [2.75, 3.05) is 40.3 Å². The van der Waals surface area contributed by atoms with E-state index in [1.807, 2.05) is 17.0 Å². The van der Waals surface area contributed by atoms with Crippen molar-refractivity contribution in [3.8, 4) is 5.75 Å². The van der Waals surface area contributed by atoms with Gasteiger partial charge in [-0.15, -0.1) is 11.3 Å². The topological polar surface area (TPSA) is 32.8 Å². The van der Waals surface area contributed by atoms with E-state index in [-0.39, 0.29) is 5.91 Å². The van der Waals surface area contributed by atoms with Gasteiger partial charge in [0.25, 0.3) is 5.91 Å². The van der Waals surface area contributed by atoms with Crippen molar-refractivity contribution < 1.29 is 9.53 Å². The Morgan fingerprint density at radius 2 is 2.00 bits per heavy atom. The van der Waals surface area contributed by atoms with Crippen molar-refractivity contribution in [3.63, 3.8) is 0 Å². The summed E-state index contributed by atoms with van der Waals surface area (Å²) in [6, 6.07) is 10.4. The van der Waals surface area contributed by atoms with Crippen LogP contribution in [0.1, 0.15) is 39.0 Å². The summed E-state index contributed by atoms with van der Waals surface area (Å²) in [6.07, 6.45) is 3.02. The number of hydrogen-bond acceptors (Lipinski definition) is 4. The molecule has 1 aliphatic rings. The van der Waals surface area contributed by atoms with Crippen LogP contribution in [0.25, 0.3) is 10.1 Å². The van der Waals surface area contributed by atoms with Gasteiger partial charge in [-0.25, -0.2) is 0 Å². The molecule has 5 heteroatoms. The molecule has 2 aromatic carbocycles. The number of likely N-dealkylation sites (N-methyl/N-ethyl adjacent to an activating group) is 1. The lowest BCUT2D eigenvalue weighted by molar-refractivity contribution is 0.0733. The van der Waals surface area contributed by atoms with E-state index < -0.39 is 0 Å². The maximum absolute atomic E-state index is 12.9. The Morgan fingerprint density at radius 3 is 2.81 bits per heavy atom. The lowest BCUT2D eigenvalue weighted by atomic mass is 9.91. The molecule has 3 aromatic rings. The van der Waals surface area contributed by atoms with Crippen molar-refractivity contribution in [3.05, 3.63) is 63.5 Å². The zero-order valence-electron chi connectivity index (χ0n) is 19.0. The Kier molecular flexibility index (Phi) is 6.63. The van der Waals surface area contributed by atoms with Gasteiger partial charge in [-0.2, -0.15) is 0 Å². The Morgan fingerprint density at radius 1 is 1.16 bits per heavy atom. The van der Waals surface area contributed by atoms with Crippen molar-refractivity contribution in [1.82, 2.24) is 9.80 Å². The smallest absolute Gasteiger partial charge is 0.254 e. The van der Waals surface area contributed by atoms with E-state index in [2.05, 4.69) is 49.4 Å². The van der Waals surface area contributed by atoms with Gasteiger partial charge in [0.15, 0.2) is 0 Å². The Balaban J connectivity index is 1.27. The fourth-order valence-corrected chi connectivity index (χ4v) is 5.49. The van der Waals surface area contributed by atoms with Gasteiger partial charge in [-0.1, -0.05) is 6.07 Å². The third kappa shape index (κ3) is 4.63. The van der Waals surface area contributed by atoms with Crippen LogP contribution in [0.5, 0.6) is 5.75 Å². The second-order valence-electron chi connectivity index (χ2n) is 8.61. The molecule has 31 heavy (non-hydrogen) atoms. The molecule has 0 unspecified atom stereocenters. The second-order valence-corrected chi connectivity index (χ2v) is 9.52. The Labute approximate surface area is 189 Å². The van der Waals surface area contributed by atoms with Crippen LogP contribution < -0.4 is 4.74 Å². The van der Waals surface area contributed by atoms with Crippen LogP contribution in [-0.2, 0) is 12.8 Å². The minimum atomic E-state index is 0.201. The number of carbonyl (C=O) groups is 1. The third-order valence-corrected chi connectivity index (χ3v) is 7.61. The molecule has 0 N–H and O–H groups in total. The van der Waals surface area contributed by atoms with Crippen LogP contribution in [0.2, 0.25) is 0 Å². The molecule has 1 aliphatic heterocycles. The zero-order chi connectivity index (χ0) is 22.0. The summed E-state index contributed by atoms with van der Waals surface area (Å²) in [4.78, 5) is 17.3. The molecule has 1 amide bonds. The van der Waals surface area contributed by atoms with Gasteiger partial charge in [0.05, 0.1) is 7.11 Å². The van der Waals surface area contributed by atoms with Gasteiger partial charge in [0, 0.05) is 29.9 Å². The SMILES string of the molecule is COc1ccc2c(CCN(C)CCCN3CCc4c(ccc(C)c4C)C3=O)csc2c1. The standard InChI is InChI=1S/C26H32N2O2S/c1-18-6-8-24-22(19(18)2)11-15-28(26(24)29)13-5-12-27(3)14-10-20-17-31-25-16-21(30-4)7-9-23(20)25/h6-9,16-17H,5,10-15H2,1-4H3. The summed E-state index contributed by atoms with van der Waals surface area (Å²) in [5.74, 6) is 1.12. The van der Waals surface area contributed by atoms with Gasteiger partial charge in [0.2, 0.25) is 0 Å². The van der Waals surface area contributed by atoms with E-state index >= 15 is 0 Å².